The molecule has 1 aliphatic heterocycles. The molecular weight excluding hydrogens is 328 g/mol. The molecular formula is C22H22O2S. The second-order valence-electron chi connectivity index (χ2n) is 6.97. The zero-order chi connectivity index (χ0) is 18.0. The number of fused-ring (bicyclic) bond motifs is 1. The number of benzene rings is 2. The Morgan fingerprint density at radius 3 is 2.52 bits per heavy atom. The van der Waals surface area contributed by atoms with Crippen molar-refractivity contribution in [3.63, 3.8) is 0 Å². The largest absolute Gasteiger partial charge is 0.478 e. The third kappa shape index (κ3) is 3.75. The number of hydrogen-bond donors (Lipinski definition) is 1. The summed E-state index contributed by atoms with van der Waals surface area (Å²) in [5, 5.41) is 9.21. The summed E-state index contributed by atoms with van der Waals surface area (Å²) in [6.45, 7) is 6.56. The molecule has 0 saturated carbocycles. The van der Waals surface area contributed by atoms with E-state index in [2.05, 4.69) is 43.9 Å². The molecule has 1 N–H and O–H groups in total. The third-order valence-electron chi connectivity index (χ3n) is 4.76. The van der Waals surface area contributed by atoms with Crippen LogP contribution in [-0.4, -0.2) is 16.8 Å². The number of thioether (sulfide) groups is 1. The first kappa shape index (κ1) is 17.6. The quantitative estimate of drug-likeness (QED) is 0.764. The maximum absolute atomic E-state index is 11.2. The van der Waals surface area contributed by atoms with Gasteiger partial charge in [0.15, 0.2) is 0 Å². The van der Waals surface area contributed by atoms with Gasteiger partial charge in [0.05, 0.1) is 5.56 Å². The molecule has 3 rings (SSSR count). The molecule has 0 radical (unpaired) electrons. The predicted octanol–water partition coefficient (Wildman–Crippen LogP) is 5.12. The summed E-state index contributed by atoms with van der Waals surface area (Å²) in [4.78, 5) is 12.6. The molecule has 3 heteroatoms. The summed E-state index contributed by atoms with van der Waals surface area (Å²) in [6.07, 6.45) is 1.88. The van der Waals surface area contributed by atoms with Crippen LogP contribution in [0.3, 0.4) is 0 Å². The highest BCUT2D eigenvalue weighted by atomic mass is 32.2. The van der Waals surface area contributed by atoms with Crippen LogP contribution >= 0.6 is 11.8 Å². The van der Waals surface area contributed by atoms with E-state index < -0.39 is 5.97 Å². The van der Waals surface area contributed by atoms with Gasteiger partial charge in [0.2, 0.25) is 0 Å². The van der Waals surface area contributed by atoms with Gasteiger partial charge in [-0.1, -0.05) is 38.7 Å². The average Bonchev–Trinajstić information content (AvgIpc) is 2.59. The third-order valence-corrected chi connectivity index (χ3v) is 5.82. The maximum atomic E-state index is 11.2. The molecule has 1 aliphatic rings. The number of carboxylic acid groups (broad SMARTS) is 1. The summed E-state index contributed by atoms with van der Waals surface area (Å²) in [5.74, 6) is 6.67. The molecule has 0 atom stereocenters. The molecule has 0 fully saturated rings. The molecule has 2 aromatic rings. The molecule has 0 aromatic heterocycles. The van der Waals surface area contributed by atoms with Crippen molar-refractivity contribution >= 4 is 17.7 Å². The summed E-state index contributed by atoms with van der Waals surface area (Å²) < 4.78 is 0. The van der Waals surface area contributed by atoms with Crippen LogP contribution in [0.25, 0.3) is 0 Å². The second kappa shape index (κ2) is 6.98. The minimum Gasteiger partial charge on any atom is -0.478 e. The van der Waals surface area contributed by atoms with E-state index in [1.165, 1.54) is 16.9 Å². The van der Waals surface area contributed by atoms with Gasteiger partial charge in [-0.3, -0.25) is 0 Å². The molecule has 0 saturated heterocycles. The molecule has 25 heavy (non-hydrogen) atoms. The number of carboxylic acids is 1. The number of carbonyl (C=O) groups is 1. The van der Waals surface area contributed by atoms with Gasteiger partial charge in [-0.15, -0.1) is 11.8 Å². The van der Waals surface area contributed by atoms with Crippen LogP contribution in [0.4, 0.5) is 0 Å². The Bertz CT molecular complexity index is 885. The standard InChI is InChI=1S/C22H22O2S/c1-4-17-13-15(7-9-18(17)21(23)24)5-6-16-8-10-19-20(14-16)25-12-11-22(19,2)3/h7-10,13-14H,4,11-12H2,1-3H3,(H,23,24). The number of rotatable bonds is 2. The first-order valence-corrected chi connectivity index (χ1v) is 9.55. The van der Waals surface area contributed by atoms with E-state index in [9.17, 15) is 9.90 Å². The van der Waals surface area contributed by atoms with Crippen molar-refractivity contribution in [3.8, 4) is 11.8 Å². The molecule has 2 nitrogen and oxygen atoms in total. The van der Waals surface area contributed by atoms with E-state index in [1.54, 1.807) is 12.1 Å². The Kier molecular flexibility index (Phi) is 4.92. The van der Waals surface area contributed by atoms with Crippen molar-refractivity contribution in [2.75, 3.05) is 5.75 Å². The minimum absolute atomic E-state index is 0.231. The van der Waals surface area contributed by atoms with E-state index in [1.807, 2.05) is 24.8 Å². The van der Waals surface area contributed by atoms with E-state index in [0.29, 0.717) is 12.0 Å². The van der Waals surface area contributed by atoms with E-state index in [0.717, 1.165) is 22.4 Å². The van der Waals surface area contributed by atoms with Gasteiger partial charge < -0.3 is 5.11 Å². The van der Waals surface area contributed by atoms with Crippen LogP contribution in [0, 0.1) is 11.8 Å². The fraction of sp³-hybridized carbons (Fsp3) is 0.318. The van der Waals surface area contributed by atoms with Crippen molar-refractivity contribution in [2.45, 2.75) is 43.9 Å². The summed E-state index contributed by atoms with van der Waals surface area (Å²) in [6, 6.07) is 11.8. The lowest BCUT2D eigenvalue weighted by Gasteiger charge is -2.32. The van der Waals surface area contributed by atoms with Crippen LogP contribution in [0.15, 0.2) is 41.3 Å². The molecule has 128 valence electrons. The molecule has 0 spiro atoms. The first-order valence-electron chi connectivity index (χ1n) is 8.56. The van der Waals surface area contributed by atoms with Crippen LogP contribution < -0.4 is 0 Å². The highest BCUT2D eigenvalue weighted by Gasteiger charge is 2.27. The Morgan fingerprint density at radius 2 is 1.84 bits per heavy atom. The lowest BCUT2D eigenvalue weighted by Crippen LogP contribution is -2.22. The van der Waals surface area contributed by atoms with Crippen LogP contribution in [-0.2, 0) is 11.8 Å². The molecule has 0 bridgehead atoms. The smallest absolute Gasteiger partial charge is 0.335 e. The Morgan fingerprint density at radius 1 is 1.16 bits per heavy atom. The fourth-order valence-corrected chi connectivity index (χ4v) is 4.69. The highest BCUT2D eigenvalue weighted by molar-refractivity contribution is 7.99. The number of aryl methyl sites for hydroxylation is 1. The Hall–Kier alpha value is -2.18. The fourth-order valence-electron chi connectivity index (χ4n) is 3.15. The van der Waals surface area contributed by atoms with Gasteiger partial charge in [-0.05, 0) is 65.5 Å². The SMILES string of the molecule is CCc1cc(C#Cc2ccc3c(c2)SCCC3(C)C)ccc1C(=O)O. The lowest BCUT2D eigenvalue weighted by atomic mass is 9.81. The maximum Gasteiger partial charge on any atom is 0.335 e. The van der Waals surface area contributed by atoms with Crippen molar-refractivity contribution in [3.05, 3.63) is 64.2 Å². The molecule has 2 aromatic carbocycles. The van der Waals surface area contributed by atoms with Crippen molar-refractivity contribution in [2.24, 2.45) is 0 Å². The Labute approximate surface area is 153 Å². The highest BCUT2D eigenvalue weighted by Crippen LogP contribution is 2.41. The zero-order valence-electron chi connectivity index (χ0n) is 14.8. The van der Waals surface area contributed by atoms with E-state index >= 15 is 0 Å². The number of aromatic carboxylic acids is 1. The first-order chi connectivity index (χ1) is 11.9. The molecule has 0 unspecified atom stereocenters. The minimum atomic E-state index is -0.884. The molecule has 0 amide bonds. The van der Waals surface area contributed by atoms with Gasteiger partial charge in [-0.2, -0.15) is 0 Å². The normalized spacial score (nSPS) is 15.0. The van der Waals surface area contributed by atoms with Gasteiger partial charge in [-0.25, -0.2) is 4.79 Å². The summed E-state index contributed by atoms with van der Waals surface area (Å²) in [5.41, 5.74) is 4.68. The summed E-state index contributed by atoms with van der Waals surface area (Å²) >= 11 is 1.91. The van der Waals surface area contributed by atoms with Crippen molar-refractivity contribution in [1.82, 2.24) is 0 Å². The van der Waals surface area contributed by atoms with Crippen LogP contribution in [0.2, 0.25) is 0 Å². The van der Waals surface area contributed by atoms with E-state index in [-0.39, 0.29) is 5.41 Å². The van der Waals surface area contributed by atoms with E-state index in [4.69, 9.17) is 0 Å². The Balaban J connectivity index is 1.91. The molecule has 0 aliphatic carbocycles. The van der Waals surface area contributed by atoms with Crippen LogP contribution in [0.1, 0.15) is 59.8 Å². The van der Waals surface area contributed by atoms with Crippen molar-refractivity contribution < 1.29 is 9.90 Å². The average molecular weight is 350 g/mol. The number of hydrogen-bond acceptors (Lipinski definition) is 2. The predicted molar refractivity (Wildman–Crippen MR) is 104 cm³/mol. The van der Waals surface area contributed by atoms with Gasteiger partial charge in [0.25, 0.3) is 0 Å². The zero-order valence-corrected chi connectivity index (χ0v) is 15.7. The van der Waals surface area contributed by atoms with Gasteiger partial charge in [0.1, 0.15) is 0 Å². The molecule has 1 heterocycles. The second-order valence-corrected chi connectivity index (χ2v) is 8.11. The monoisotopic (exact) mass is 350 g/mol. The van der Waals surface area contributed by atoms with Gasteiger partial charge in [0, 0.05) is 16.0 Å². The topological polar surface area (TPSA) is 37.3 Å². The van der Waals surface area contributed by atoms with Crippen LogP contribution in [0.5, 0.6) is 0 Å². The van der Waals surface area contributed by atoms with Gasteiger partial charge >= 0.3 is 5.97 Å². The summed E-state index contributed by atoms with van der Waals surface area (Å²) in [7, 11) is 0. The van der Waals surface area contributed by atoms with Crippen molar-refractivity contribution in [1.29, 1.82) is 0 Å². The lowest BCUT2D eigenvalue weighted by molar-refractivity contribution is 0.0695.